The third kappa shape index (κ3) is 4.67. The van der Waals surface area contributed by atoms with Gasteiger partial charge in [0, 0.05) is 0 Å². The molecule has 0 spiro atoms. The molecule has 222 valence electrons. The first-order valence-corrected chi connectivity index (χ1v) is 15.7. The Morgan fingerprint density at radius 1 is 0.378 bits per heavy atom. The maximum Gasteiger partial charge on any atom is 0.494 e. The fourth-order valence-corrected chi connectivity index (χ4v) is 7.56. The lowest BCUT2D eigenvalue weighted by Crippen LogP contribution is -2.44. The van der Waals surface area contributed by atoms with Gasteiger partial charge in [0.15, 0.2) is 0 Å². The molecular formula is C33H30B4O8. The van der Waals surface area contributed by atoms with E-state index in [1.54, 1.807) is 0 Å². The summed E-state index contributed by atoms with van der Waals surface area (Å²) in [5, 5.41) is 0. The van der Waals surface area contributed by atoms with E-state index < -0.39 is 33.9 Å². The lowest BCUT2D eigenvalue weighted by Gasteiger charge is -2.35. The van der Waals surface area contributed by atoms with Crippen molar-refractivity contribution in [1.29, 1.82) is 0 Å². The molecule has 0 aromatic heterocycles. The molecular weight excluding hydrogens is 568 g/mol. The zero-order valence-electron chi connectivity index (χ0n) is 24.8. The summed E-state index contributed by atoms with van der Waals surface area (Å²) in [5.74, 6) is 0. The van der Waals surface area contributed by atoms with Crippen molar-refractivity contribution >= 4 is 50.3 Å². The van der Waals surface area contributed by atoms with Crippen molar-refractivity contribution in [2.24, 2.45) is 0 Å². The molecule has 5 aliphatic rings. The predicted octanol–water partition coefficient (Wildman–Crippen LogP) is 1.02. The Morgan fingerprint density at radius 3 is 0.978 bits per heavy atom. The van der Waals surface area contributed by atoms with Crippen LogP contribution in [-0.4, -0.2) is 81.3 Å². The van der Waals surface area contributed by atoms with Gasteiger partial charge in [0.25, 0.3) is 0 Å². The van der Waals surface area contributed by atoms with E-state index in [1.165, 1.54) is 22.3 Å². The summed E-state index contributed by atoms with van der Waals surface area (Å²) in [5.41, 5.74) is 9.88. The number of fused-ring (bicyclic) bond motifs is 3. The van der Waals surface area contributed by atoms with E-state index in [-0.39, 0.29) is 0 Å². The molecule has 0 bridgehead atoms. The molecule has 8 nitrogen and oxygen atoms in total. The van der Waals surface area contributed by atoms with Crippen LogP contribution in [0, 0.1) is 0 Å². The van der Waals surface area contributed by atoms with Gasteiger partial charge in [-0.2, -0.15) is 0 Å². The Morgan fingerprint density at radius 2 is 0.667 bits per heavy atom. The van der Waals surface area contributed by atoms with E-state index in [0.717, 1.165) is 33.0 Å². The lowest BCUT2D eigenvalue weighted by atomic mass is 9.61. The lowest BCUT2D eigenvalue weighted by molar-refractivity contribution is 0.365. The van der Waals surface area contributed by atoms with Crippen LogP contribution in [0.15, 0.2) is 84.9 Å². The van der Waals surface area contributed by atoms with Crippen molar-refractivity contribution in [1.82, 2.24) is 0 Å². The molecule has 4 saturated heterocycles. The number of hydrogen-bond donors (Lipinski definition) is 0. The predicted molar refractivity (Wildman–Crippen MR) is 173 cm³/mol. The highest BCUT2D eigenvalue weighted by Crippen LogP contribution is 2.55. The average molecular weight is 598 g/mol. The van der Waals surface area contributed by atoms with Gasteiger partial charge in [-0.25, -0.2) is 0 Å². The molecule has 45 heavy (non-hydrogen) atoms. The second-order valence-electron chi connectivity index (χ2n) is 11.9. The molecule has 4 fully saturated rings. The van der Waals surface area contributed by atoms with Crippen LogP contribution in [0.1, 0.15) is 22.3 Å². The molecule has 9 rings (SSSR count). The Balaban J connectivity index is 1.35. The highest BCUT2D eigenvalue weighted by Gasteiger charge is 2.48. The normalized spacial score (nSPS) is 20.4. The van der Waals surface area contributed by atoms with Gasteiger partial charge in [-0.1, -0.05) is 84.9 Å². The van der Waals surface area contributed by atoms with Gasteiger partial charge in [0.2, 0.25) is 0 Å². The first-order chi connectivity index (χ1) is 22.3. The Hall–Kier alpha value is -3.18. The van der Waals surface area contributed by atoms with Crippen molar-refractivity contribution in [2.75, 3.05) is 52.9 Å². The standard InChI is InChI=1S/C33H30B4O8/c1-3-7-31-29(5-1)30-6-2-4-8-32(30)33(31,23-17-25(34-38-9-10-39-34)21-26(18-23)35-40-11-12-41-35)24-19-27(36-42-13-14-43-36)22-28(20-24)37-44-15-16-45-37/h1-8,17-22H,9-16H2. The number of hydrogen-bond acceptors (Lipinski definition) is 8. The van der Waals surface area contributed by atoms with Crippen LogP contribution in [0.4, 0.5) is 0 Å². The van der Waals surface area contributed by atoms with Gasteiger partial charge in [-0.15, -0.1) is 0 Å². The molecule has 4 aromatic carbocycles. The molecule has 0 atom stereocenters. The number of benzene rings is 4. The Labute approximate surface area is 263 Å². The van der Waals surface area contributed by atoms with Crippen molar-refractivity contribution in [3.8, 4) is 11.1 Å². The first-order valence-electron chi connectivity index (χ1n) is 15.7. The molecule has 4 heterocycles. The van der Waals surface area contributed by atoms with E-state index >= 15 is 0 Å². The van der Waals surface area contributed by atoms with Gasteiger partial charge in [0.05, 0.1) is 58.3 Å². The second-order valence-corrected chi connectivity index (χ2v) is 11.9. The molecule has 0 amide bonds. The van der Waals surface area contributed by atoms with Gasteiger partial charge in [-0.3, -0.25) is 0 Å². The van der Waals surface area contributed by atoms with Crippen molar-refractivity contribution in [3.63, 3.8) is 0 Å². The zero-order chi connectivity index (χ0) is 29.8. The van der Waals surface area contributed by atoms with Crippen molar-refractivity contribution in [3.05, 3.63) is 107 Å². The van der Waals surface area contributed by atoms with E-state index in [4.69, 9.17) is 37.2 Å². The molecule has 0 radical (unpaired) electrons. The first kappa shape index (κ1) is 28.1. The minimum atomic E-state index is -0.725. The van der Waals surface area contributed by atoms with Gasteiger partial charge >= 0.3 is 28.5 Å². The fourth-order valence-electron chi connectivity index (χ4n) is 7.56. The molecule has 1 aliphatic carbocycles. The minimum absolute atomic E-state index is 0.475. The van der Waals surface area contributed by atoms with E-state index in [0.29, 0.717) is 52.9 Å². The van der Waals surface area contributed by atoms with E-state index in [2.05, 4.69) is 84.9 Å². The van der Waals surface area contributed by atoms with Crippen molar-refractivity contribution in [2.45, 2.75) is 5.41 Å². The summed E-state index contributed by atoms with van der Waals surface area (Å²) in [6.45, 7) is 4.38. The van der Waals surface area contributed by atoms with Crippen LogP contribution in [0.25, 0.3) is 11.1 Å². The highest BCUT2D eigenvalue weighted by atomic mass is 16.6. The van der Waals surface area contributed by atoms with Crippen molar-refractivity contribution < 1.29 is 37.2 Å². The average Bonchev–Trinajstić information content (AvgIpc) is 3.94. The fraction of sp³-hybridized carbons (Fsp3) is 0.273. The monoisotopic (exact) mass is 598 g/mol. The SMILES string of the molecule is c1ccc2c(c1)-c1ccccc1C2(c1cc(B2OCCO2)cc(B2OCCO2)c1)c1cc(B2OCCO2)cc(B2OCCO2)c1. The van der Waals surface area contributed by atoms with Crippen LogP contribution in [0.3, 0.4) is 0 Å². The van der Waals surface area contributed by atoms with E-state index in [1.807, 2.05) is 0 Å². The third-order valence-corrected chi connectivity index (χ3v) is 9.35. The van der Waals surface area contributed by atoms with Gasteiger partial charge in [-0.05, 0) is 55.2 Å². The molecule has 12 heteroatoms. The second kappa shape index (κ2) is 11.6. The van der Waals surface area contributed by atoms with E-state index in [9.17, 15) is 0 Å². The summed E-state index contributed by atoms with van der Waals surface area (Å²) in [4.78, 5) is 0. The highest BCUT2D eigenvalue weighted by molar-refractivity contribution is 6.66. The largest absolute Gasteiger partial charge is 0.494 e. The molecule has 0 saturated carbocycles. The smallest absolute Gasteiger partial charge is 0.405 e. The topological polar surface area (TPSA) is 73.8 Å². The summed E-state index contributed by atoms with van der Waals surface area (Å²) >= 11 is 0. The van der Waals surface area contributed by atoms with Crippen LogP contribution < -0.4 is 21.9 Å². The maximum absolute atomic E-state index is 6.06. The van der Waals surface area contributed by atoms with Crippen LogP contribution in [0.5, 0.6) is 0 Å². The van der Waals surface area contributed by atoms with Crippen LogP contribution in [0.2, 0.25) is 0 Å². The van der Waals surface area contributed by atoms with Crippen LogP contribution in [-0.2, 0) is 42.6 Å². The van der Waals surface area contributed by atoms with Crippen LogP contribution >= 0.6 is 0 Å². The molecule has 4 aromatic rings. The summed E-state index contributed by atoms with van der Waals surface area (Å²) in [6.07, 6.45) is 0. The van der Waals surface area contributed by atoms with Gasteiger partial charge < -0.3 is 37.2 Å². The minimum Gasteiger partial charge on any atom is -0.405 e. The summed E-state index contributed by atoms with van der Waals surface area (Å²) < 4.78 is 48.4. The summed E-state index contributed by atoms with van der Waals surface area (Å²) in [7, 11) is -1.90. The van der Waals surface area contributed by atoms with Gasteiger partial charge in [0.1, 0.15) is 0 Å². The summed E-state index contributed by atoms with van der Waals surface area (Å²) in [6, 6.07) is 30.5. The molecule has 4 aliphatic heterocycles. The molecule has 0 unspecified atom stereocenters. The third-order valence-electron chi connectivity index (χ3n) is 9.35. The maximum atomic E-state index is 6.06. The zero-order valence-corrected chi connectivity index (χ0v) is 24.8. The Kier molecular flexibility index (Phi) is 7.21. The molecule has 0 N–H and O–H groups in total. The number of rotatable bonds is 6. The quantitative estimate of drug-likeness (QED) is 0.269. The Bertz CT molecular complexity index is 1530.